The van der Waals surface area contributed by atoms with Gasteiger partial charge < -0.3 is 14.8 Å². The summed E-state index contributed by atoms with van der Waals surface area (Å²) in [5.41, 5.74) is 2.64. The highest BCUT2D eigenvalue weighted by Gasteiger charge is 2.07. The van der Waals surface area contributed by atoms with Gasteiger partial charge in [-0.05, 0) is 18.2 Å². The van der Waals surface area contributed by atoms with Crippen LogP contribution in [-0.4, -0.2) is 24.4 Å². The summed E-state index contributed by atoms with van der Waals surface area (Å²) in [7, 11) is 3.23. The minimum absolute atomic E-state index is 0.675. The average molecular weight is 281 g/mol. The third-order valence-electron chi connectivity index (χ3n) is 3.21. The number of rotatable bonds is 4. The monoisotopic (exact) mass is 281 g/mol. The molecule has 5 nitrogen and oxygen atoms in total. The van der Waals surface area contributed by atoms with Gasteiger partial charge in [-0.2, -0.15) is 10.2 Å². The van der Waals surface area contributed by atoms with Gasteiger partial charge in [-0.3, -0.25) is 0 Å². The van der Waals surface area contributed by atoms with Crippen LogP contribution >= 0.6 is 0 Å². The SMILES string of the molecule is COc1ccc(Nc2cnnc3ccccc23)cc1OC. The van der Waals surface area contributed by atoms with Crippen molar-refractivity contribution in [1.82, 2.24) is 10.2 Å². The maximum absolute atomic E-state index is 5.31. The summed E-state index contributed by atoms with van der Waals surface area (Å²) in [5.74, 6) is 1.37. The van der Waals surface area contributed by atoms with E-state index in [1.54, 1.807) is 20.4 Å². The molecule has 3 rings (SSSR count). The lowest BCUT2D eigenvalue weighted by Gasteiger charge is -2.12. The fourth-order valence-electron chi connectivity index (χ4n) is 2.18. The molecule has 3 aromatic rings. The van der Waals surface area contributed by atoms with Gasteiger partial charge >= 0.3 is 0 Å². The second-order valence-corrected chi connectivity index (χ2v) is 4.47. The Bertz CT molecular complexity index is 769. The van der Waals surface area contributed by atoms with Crippen LogP contribution in [0, 0.1) is 0 Å². The van der Waals surface area contributed by atoms with Crippen molar-refractivity contribution >= 4 is 22.3 Å². The molecule has 0 saturated heterocycles. The molecule has 1 aromatic heterocycles. The predicted molar refractivity (Wildman–Crippen MR) is 82.4 cm³/mol. The van der Waals surface area contributed by atoms with Crippen molar-refractivity contribution < 1.29 is 9.47 Å². The Morgan fingerprint density at radius 3 is 2.57 bits per heavy atom. The van der Waals surface area contributed by atoms with Crippen molar-refractivity contribution in [2.24, 2.45) is 0 Å². The predicted octanol–water partition coefficient (Wildman–Crippen LogP) is 3.39. The lowest BCUT2D eigenvalue weighted by atomic mass is 10.2. The second kappa shape index (κ2) is 5.66. The molecule has 0 unspecified atom stereocenters. The molecular weight excluding hydrogens is 266 g/mol. The molecule has 0 bridgehead atoms. The molecular formula is C16H15N3O2. The Labute approximate surface area is 122 Å². The molecule has 0 atom stereocenters. The molecule has 5 heteroatoms. The molecule has 2 aromatic carbocycles. The standard InChI is InChI=1S/C16H15N3O2/c1-20-15-8-7-11(9-16(15)21-2)18-14-10-17-19-13-6-4-3-5-12(13)14/h3-10H,1-2H3,(H,18,19). The largest absolute Gasteiger partial charge is 0.493 e. The fraction of sp³-hybridized carbons (Fsp3) is 0.125. The smallest absolute Gasteiger partial charge is 0.162 e. The van der Waals surface area contributed by atoms with E-state index in [1.165, 1.54) is 0 Å². The number of ether oxygens (including phenoxy) is 2. The first-order valence-corrected chi connectivity index (χ1v) is 6.51. The van der Waals surface area contributed by atoms with Crippen LogP contribution in [0.2, 0.25) is 0 Å². The van der Waals surface area contributed by atoms with E-state index >= 15 is 0 Å². The number of nitrogens with one attached hydrogen (secondary N) is 1. The molecule has 0 aliphatic heterocycles. The number of hydrogen-bond donors (Lipinski definition) is 1. The molecule has 1 N–H and O–H groups in total. The first kappa shape index (κ1) is 13.2. The number of benzene rings is 2. The third-order valence-corrected chi connectivity index (χ3v) is 3.21. The van der Waals surface area contributed by atoms with E-state index in [9.17, 15) is 0 Å². The highest BCUT2D eigenvalue weighted by Crippen LogP contribution is 2.32. The molecule has 0 saturated carbocycles. The van der Waals surface area contributed by atoms with Crippen LogP contribution in [0.3, 0.4) is 0 Å². The summed E-state index contributed by atoms with van der Waals surface area (Å²) in [5, 5.41) is 12.5. The minimum Gasteiger partial charge on any atom is -0.493 e. The number of nitrogens with zero attached hydrogens (tertiary/aromatic N) is 2. The maximum Gasteiger partial charge on any atom is 0.162 e. The van der Waals surface area contributed by atoms with Crippen LogP contribution in [0.25, 0.3) is 10.9 Å². The number of aromatic nitrogens is 2. The number of hydrogen-bond acceptors (Lipinski definition) is 5. The second-order valence-electron chi connectivity index (χ2n) is 4.47. The van der Waals surface area contributed by atoms with Crippen LogP contribution in [0.15, 0.2) is 48.7 Å². The lowest BCUT2D eigenvalue weighted by Crippen LogP contribution is -1.96. The van der Waals surface area contributed by atoms with Gasteiger partial charge in [0, 0.05) is 17.1 Å². The fourth-order valence-corrected chi connectivity index (χ4v) is 2.18. The lowest BCUT2D eigenvalue weighted by molar-refractivity contribution is 0.355. The van der Waals surface area contributed by atoms with E-state index in [2.05, 4.69) is 15.5 Å². The molecule has 106 valence electrons. The molecule has 0 spiro atoms. The summed E-state index contributed by atoms with van der Waals surface area (Å²) in [6, 6.07) is 13.5. The summed E-state index contributed by atoms with van der Waals surface area (Å²) < 4.78 is 10.5. The summed E-state index contributed by atoms with van der Waals surface area (Å²) in [4.78, 5) is 0. The van der Waals surface area contributed by atoms with Gasteiger partial charge in [0.05, 0.1) is 31.6 Å². The number of fused-ring (bicyclic) bond motifs is 1. The topological polar surface area (TPSA) is 56.3 Å². The Morgan fingerprint density at radius 2 is 1.76 bits per heavy atom. The molecule has 0 amide bonds. The van der Waals surface area contributed by atoms with E-state index in [0.29, 0.717) is 11.5 Å². The van der Waals surface area contributed by atoms with Crippen molar-refractivity contribution in [1.29, 1.82) is 0 Å². The number of methoxy groups -OCH3 is 2. The van der Waals surface area contributed by atoms with Crippen LogP contribution < -0.4 is 14.8 Å². The molecule has 21 heavy (non-hydrogen) atoms. The van der Waals surface area contributed by atoms with Crippen LogP contribution in [-0.2, 0) is 0 Å². The quantitative estimate of drug-likeness (QED) is 0.794. The first-order chi connectivity index (χ1) is 10.3. The Kier molecular flexibility index (Phi) is 3.55. The van der Waals surface area contributed by atoms with Gasteiger partial charge in [0.25, 0.3) is 0 Å². The Balaban J connectivity index is 1.99. The van der Waals surface area contributed by atoms with E-state index in [0.717, 1.165) is 22.3 Å². The van der Waals surface area contributed by atoms with Crippen molar-refractivity contribution in [2.75, 3.05) is 19.5 Å². The van der Waals surface area contributed by atoms with Gasteiger partial charge in [0.2, 0.25) is 0 Å². The first-order valence-electron chi connectivity index (χ1n) is 6.51. The zero-order valence-electron chi connectivity index (χ0n) is 11.8. The summed E-state index contributed by atoms with van der Waals surface area (Å²) >= 11 is 0. The molecule has 0 aliphatic rings. The van der Waals surface area contributed by atoms with Gasteiger partial charge in [0.1, 0.15) is 0 Å². The Hall–Kier alpha value is -2.82. The third kappa shape index (κ3) is 2.58. The minimum atomic E-state index is 0.675. The van der Waals surface area contributed by atoms with E-state index < -0.39 is 0 Å². The van der Waals surface area contributed by atoms with Crippen molar-refractivity contribution in [3.8, 4) is 11.5 Å². The van der Waals surface area contributed by atoms with Gasteiger partial charge in [0.15, 0.2) is 11.5 Å². The molecule has 1 heterocycles. The maximum atomic E-state index is 5.31. The van der Waals surface area contributed by atoms with Gasteiger partial charge in [-0.15, -0.1) is 0 Å². The van der Waals surface area contributed by atoms with Crippen LogP contribution in [0.1, 0.15) is 0 Å². The van der Waals surface area contributed by atoms with Gasteiger partial charge in [-0.1, -0.05) is 18.2 Å². The Morgan fingerprint density at radius 1 is 0.952 bits per heavy atom. The van der Waals surface area contributed by atoms with E-state index in [-0.39, 0.29) is 0 Å². The molecule has 0 aliphatic carbocycles. The summed E-state index contributed by atoms with van der Waals surface area (Å²) in [6.45, 7) is 0. The summed E-state index contributed by atoms with van der Waals surface area (Å²) in [6.07, 6.45) is 1.71. The van der Waals surface area contributed by atoms with Crippen molar-refractivity contribution in [2.45, 2.75) is 0 Å². The highest BCUT2D eigenvalue weighted by atomic mass is 16.5. The normalized spacial score (nSPS) is 10.4. The molecule has 0 fully saturated rings. The zero-order valence-corrected chi connectivity index (χ0v) is 11.8. The van der Waals surface area contributed by atoms with E-state index in [1.807, 2.05) is 42.5 Å². The van der Waals surface area contributed by atoms with E-state index in [4.69, 9.17) is 9.47 Å². The van der Waals surface area contributed by atoms with Crippen molar-refractivity contribution in [3.05, 3.63) is 48.7 Å². The molecule has 0 radical (unpaired) electrons. The average Bonchev–Trinajstić information content (AvgIpc) is 2.55. The van der Waals surface area contributed by atoms with Gasteiger partial charge in [-0.25, -0.2) is 0 Å². The number of anilines is 2. The van der Waals surface area contributed by atoms with Crippen LogP contribution in [0.5, 0.6) is 11.5 Å². The zero-order chi connectivity index (χ0) is 14.7. The van der Waals surface area contributed by atoms with Crippen LogP contribution in [0.4, 0.5) is 11.4 Å². The highest BCUT2D eigenvalue weighted by molar-refractivity contribution is 5.92. The van der Waals surface area contributed by atoms with Crippen molar-refractivity contribution in [3.63, 3.8) is 0 Å².